The van der Waals surface area contributed by atoms with E-state index in [-0.39, 0.29) is 5.97 Å². The molecule has 0 spiro atoms. The largest absolute Gasteiger partial charge is 0.462 e. The summed E-state index contributed by atoms with van der Waals surface area (Å²) < 4.78 is 5.17. The summed E-state index contributed by atoms with van der Waals surface area (Å²) in [5.41, 5.74) is 3.76. The van der Waals surface area contributed by atoms with Crippen LogP contribution in [0.5, 0.6) is 0 Å². The van der Waals surface area contributed by atoms with E-state index in [1.54, 1.807) is 19.2 Å². The van der Waals surface area contributed by atoms with Gasteiger partial charge < -0.3 is 19.9 Å². The lowest BCUT2D eigenvalue weighted by Crippen LogP contribution is -2.31. The lowest BCUT2D eigenvalue weighted by atomic mass is 10.0. The number of hydrogen-bond donors (Lipinski definition) is 2. The van der Waals surface area contributed by atoms with Gasteiger partial charge in [-0.25, -0.2) is 14.8 Å². The predicted molar refractivity (Wildman–Crippen MR) is 155 cm³/mol. The van der Waals surface area contributed by atoms with Gasteiger partial charge in [-0.2, -0.15) is 0 Å². The van der Waals surface area contributed by atoms with Crippen LogP contribution in [0.2, 0.25) is 0 Å². The van der Waals surface area contributed by atoms with Gasteiger partial charge in [-0.15, -0.1) is 0 Å². The molecule has 0 unspecified atom stereocenters. The zero-order valence-corrected chi connectivity index (χ0v) is 22.4. The van der Waals surface area contributed by atoms with Crippen LogP contribution in [0, 0.1) is 0 Å². The first-order chi connectivity index (χ1) is 19.2. The van der Waals surface area contributed by atoms with Gasteiger partial charge >= 0.3 is 5.97 Å². The summed E-state index contributed by atoms with van der Waals surface area (Å²) in [6, 6.07) is 16.6. The minimum Gasteiger partial charge on any atom is -0.462 e. The van der Waals surface area contributed by atoms with Crippen molar-refractivity contribution in [2.75, 3.05) is 38.1 Å². The van der Waals surface area contributed by atoms with Crippen LogP contribution >= 0.6 is 0 Å². The molecule has 8 nitrogen and oxygen atoms in total. The van der Waals surface area contributed by atoms with Crippen LogP contribution in [0.3, 0.4) is 0 Å². The number of rotatable bonds is 9. The number of anilines is 1. The standard InChI is InChI=1S/C31H34N6O2/c1-2-39-31(38)24-19-25-28(33-20-24)27-29(32-13-8-16-37-14-6-3-7-15-37)35-26(36-30(27)34-25)18-21-11-12-22-9-4-5-10-23(22)17-21/h4-5,9-12,17,19-20H,2-3,6-8,13-16,18H2,1H3,(H2,32,34,35,36). The van der Waals surface area contributed by atoms with Crippen molar-refractivity contribution in [3.8, 4) is 0 Å². The summed E-state index contributed by atoms with van der Waals surface area (Å²) in [6.45, 7) is 6.40. The molecule has 8 heteroatoms. The van der Waals surface area contributed by atoms with Crippen LogP contribution in [0.15, 0.2) is 54.7 Å². The van der Waals surface area contributed by atoms with Crippen molar-refractivity contribution in [3.05, 3.63) is 71.7 Å². The Hall–Kier alpha value is -4.04. The van der Waals surface area contributed by atoms with Gasteiger partial charge in [-0.3, -0.25) is 4.98 Å². The lowest BCUT2D eigenvalue weighted by Gasteiger charge is -2.26. The molecule has 4 heterocycles. The number of ether oxygens (including phenoxy) is 1. The first-order valence-corrected chi connectivity index (χ1v) is 14.0. The van der Waals surface area contributed by atoms with Gasteiger partial charge in [-0.1, -0.05) is 48.9 Å². The number of pyridine rings is 1. The van der Waals surface area contributed by atoms with Gasteiger partial charge in [0.1, 0.15) is 22.8 Å². The SMILES string of the molecule is CCOC(=O)c1cnc2c(c1)[nH]c1nc(Cc3ccc4ccccc4c3)nc(NCCCN3CCCCC3)c12. The quantitative estimate of drug-likeness (QED) is 0.189. The fourth-order valence-electron chi connectivity index (χ4n) is 5.47. The third-order valence-corrected chi connectivity index (χ3v) is 7.41. The summed E-state index contributed by atoms with van der Waals surface area (Å²) >= 11 is 0. The van der Waals surface area contributed by atoms with E-state index in [2.05, 4.69) is 62.6 Å². The van der Waals surface area contributed by atoms with E-state index in [1.165, 1.54) is 43.1 Å². The van der Waals surface area contributed by atoms with Gasteiger partial charge in [0.25, 0.3) is 0 Å². The van der Waals surface area contributed by atoms with E-state index < -0.39 is 0 Å². The molecular formula is C31H34N6O2. The third kappa shape index (κ3) is 5.56. The molecule has 0 radical (unpaired) electrons. The average molecular weight is 523 g/mol. The molecule has 0 atom stereocenters. The molecule has 1 saturated heterocycles. The van der Waals surface area contributed by atoms with Crippen molar-refractivity contribution in [1.29, 1.82) is 0 Å². The van der Waals surface area contributed by atoms with Crippen LogP contribution < -0.4 is 5.32 Å². The Morgan fingerprint density at radius 3 is 2.74 bits per heavy atom. The Balaban J connectivity index is 1.32. The first kappa shape index (κ1) is 25.2. The molecule has 0 amide bonds. The molecule has 2 N–H and O–H groups in total. The normalized spacial score (nSPS) is 14.3. The number of carbonyl (C=O) groups excluding carboxylic acids is 1. The highest BCUT2D eigenvalue weighted by molar-refractivity contribution is 6.10. The summed E-state index contributed by atoms with van der Waals surface area (Å²) in [5.74, 6) is 1.12. The number of nitrogens with zero attached hydrogens (tertiary/aromatic N) is 4. The molecule has 1 aliphatic rings. The second kappa shape index (κ2) is 11.4. The van der Waals surface area contributed by atoms with Gasteiger partial charge in [0.15, 0.2) is 0 Å². The molecule has 0 bridgehead atoms. The molecule has 2 aromatic carbocycles. The fourth-order valence-corrected chi connectivity index (χ4v) is 5.47. The number of aromatic nitrogens is 4. The maximum absolute atomic E-state index is 12.3. The van der Waals surface area contributed by atoms with Crippen molar-refractivity contribution in [3.63, 3.8) is 0 Å². The van der Waals surface area contributed by atoms with Crippen molar-refractivity contribution in [1.82, 2.24) is 24.8 Å². The zero-order chi connectivity index (χ0) is 26.6. The molecule has 0 aliphatic carbocycles. The number of piperidine rings is 1. The maximum Gasteiger partial charge on any atom is 0.339 e. The molecule has 3 aromatic heterocycles. The van der Waals surface area contributed by atoms with Crippen molar-refractivity contribution in [2.24, 2.45) is 0 Å². The van der Waals surface area contributed by atoms with Crippen molar-refractivity contribution in [2.45, 2.75) is 39.0 Å². The fraction of sp³-hybridized carbons (Fsp3) is 0.355. The molecule has 39 heavy (non-hydrogen) atoms. The zero-order valence-electron chi connectivity index (χ0n) is 22.4. The second-order valence-electron chi connectivity index (χ2n) is 10.2. The summed E-state index contributed by atoms with van der Waals surface area (Å²) in [6.07, 6.45) is 7.16. The van der Waals surface area contributed by atoms with Crippen LogP contribution in [-0.4, -0.2) is 63.6 Å². The number of likely N-dealkylation sites (tertiary alicyclic amines) is 1. The summed E-state index contributed by atoms with van der Waals surface area (Å²) in [5, 5.41) is 6.86. The Kier molecular flexibility index (Phi) is 7.36. The lowest BCUT2D eigenvalue weighted by molar-refractivity contribution is 0.0526. The van der Waals surface area contributed by atoms with E-state index >= 15 is 0 Å². The maximum atomic E-state index is 12.3. The van der Waals surface area contributed by atoms with E-state index in [9.17, 15) is 4.79 Å². The third-order valence-electron chi connectivity index (χ3n) is 7.41. The Morgan fingerprint density at radius 2 is 1.90 bits per heavy atom. The monoisotopic (exact) mass is 522 g/mol. The van der Waals surface area contributed by atoms with Gasteiger partial charge in [0.05, 0.1) is 23.1 Å². The molecular weight excluding hydrogens is 488 g/mol. The smallest absolute Gasteiger partial charge is 0.339 e. The van der Waals surface area contributed by atoms with E-state index in [4.69, 9.17) is 14.7 Å². The highest BCUT2D eigenvalue weighted by Crippen LogP contribution is 2.29. The van der Waals surface area contributed by atoms with Gasteiger partial charge in [0.2, 0.25) is 0 Å². The van der Waals surface area contributed by atoms with Crippen molar-refractivity contribution < 1.29 is 9.53 Å². The van der Waals surface area contributed by atoms with Crippen LogP contribution in [0.25, 0.3) is 32.8 Å². The molecule has 0 saturated carbocycles. The Morgan fingerprint density at radius 1 is 1.05 bits per heavy atom. The minimum absolute atomic E-state index is 0.318. The summed E-state index contributed by atoms with van der Waals surface area (Å²) in [7, 11) is 0. The summed E-state index contributed by atoms with van der Waals surface area (Å²) in [4.78, 5) is 32.7. The van der Waals surface area contributed by atoms with Crippen LogP contribution in [-0.2, 0) is 11.2 Å². The highest BCUT2D eigenvalue weighted by atomic mass is 16.5. The number of fused-ring (bicyclic) bond motifs is 4. The van der Waals surface area contributed by atoms with Crippen LogP contribution in [0.1, 0.15) is 54.4 Å². The Bertz CT molecular complexity index is 1620. The second-order valence-corrected chi connectivity index (χ2v) is 10.2. The van der Waals surface area contributed by atoms with E-state index in [0.29, 0.717) is 24.2 Å². The highest BCUT2D eigenvalue weighted by Gasteiger charge is 2.18. The van der Waals surface area contributed by atoms with E-state index in [1.807, 2.05) is 0 Å². The molecule has 1 fully saturated rings. The average Bonchev–Trinajstić information content (AvgIpc) is 3.33. The number of hydrogen-bond acceptors (Lipinski definition) is 7. The molecule has 6 rings (SSSR count). The van der Waals surface area contributed by atoms with Crippen LogP contribution in [0.4, 0.5) is 5.82 Å². The number of H-pyrrole nitrogens is 1. The van der Waals surface area contributed by atoms with Gasteiger partial charge in [-0.05, 0) is 68.2 Å². The number of carbonyl (C=O) groups is 1. The number of esters is 1. The topological polar surface area (TPSA) is 96.0 Å². The molecule has 1 aliphatic heterocycles. The first-order valence-electron chi connectivity index (χ1n) is 14.0. The van der Waals surface area contributed by atoms with E-state index in [0.717, 1.165) is 53.1 Å². The molecule has 200 valence electrons. The predicted octanol–water partition coefficient (Wildman–Crippen LogP) is 5.71. The van der Waals surface area contributed by atoms with Crippen molar-refractivity contribution >= 4 is 44.6 Å². The number of benzene rings is 2. The minimum atomic E-state index is -0.385. The Labute approximate surface area is 227 Å². The van der Waals surface area contributed by atoms with Gasteiger partial charge in [0, 0.05) is 19.2 Å². The number of nitrogens with one attached hydrogen (secondary N) is 2. The molecule has 5 aromatic rings. The number of aromatic amines is 1.